The Morgan fingerprint density at radius 2 is 2.08 bits per heavy atom. The van der Waals surface area contributed by atoms with E-state index in [4.69, 9.17) is 0 Å². The molecule has 0 unspecified atom stereocenters. The molecular weight excluding hydrogens is 162 g/mol. The van der Waals surface area contributed by atoms with Crippen LogP contribution in [0.3, 0.4) is 0 Å². The van der Waals surface area contributed by atoms with Gasteiger partial charge in [0.15, 0.2) is 0 Å². The summed E-state index contributed by atoms with van der Waals surface area (Å²) in [6.45, 7) is 0. The van der Waals surface area contributed by atoms with Crippen molar-refractivity contribution < 1.29 is 0 Å². The van der Waals surface area contributed by atoms with Gasteiger partial charge in [-0.2, -0.15) is 0 Å². The Balaban J connectivity index is 2.65. The normalized spacial score (nSPS) is 11.1. The SMILES string of the molecule is c1cc2cnc3[nH]ccc3c2cn1. The van der Waals surface area contributed by atoms with Gasteiger partial charge in [-0.3, -0.25) is 4.98 Å². The number of rotatable bonds is 0. The summed E-state index contributed by atoms with van der Waals surface area (Å²) in [6.07, 6.45) is 7.40. The molecule has 0 atom stereocenters. The van der Waals surface area contributed by atoms with Crippen LogP contribution in [0.15, 0.2) is 36.9 Å². The van der Waals surface area contributed by atoms with E-state index in [9.17, 15) is 0 Å². The Bertz CT molecular complexity index is 568. The van der Waals surface area contributed by atoms with Gasteiger partial charge in [0.05, 0.1) is 0 Å². The lowest BCUT2D eigenvalue weighted by Crippen LogP contribution is -1.79. The molecule has 1 N–H and O–H groups in total. The first-order valence-corrected chi connectivity index (χ1v) is 4.11. The monoisotopic (exact) mass is 169 g/mol. The molecule has 0 saturated heterocycles. The quantitative estimate of drug-likeness (QED) is 0.560. The van der Waals surface area contributed by atoms with Gasteiger partial charge in [-0.25, -0.2) is 4.98 Å². The van der Waals surface area contributed by atoms with Gasteiger partial charge in [0.1, 0.15) is 5.65 Å². The number of hydrogen-bond donors (Lipinski definition) is 1. The number of pyridine rings is 2. The molecule has 0 bridgehead atoms. The summed E-state index contributed by atoms with van der Waals surface area (Å²) >= 11 is 0. The van der Waals surface area contributed by atoms with Crippen LogP contribution in [0.4, 0.5) is 0 Å². The zero-order valence-electron chi connectivity index (χ0n) is 6.86. The highest BCUT2D eigenvalue weighted by molar-refractivity contribution is 6.03. The van der Waals surface area contributed by atoms with Crippen LogP contribution in [0, 0.1) is 0 Å². The highest BCUT2D eigenvalue weighted by Gasteiger charge is 2.00. The first-order chi connectivity index (χ1) is 6.45. The van der Waals surface area contributed by atoms with Crippen molar-refractivity contribution in [1.29, 1.82) is 0 Å². The third-order valence-corrected chi connectivity index (χ3v) is 2.20. The number of nitrogens with one attached hydrogen (secondary N) is 1. The summed E-state index contributed by atoms with van der Waals surface area (Å²) in [5, 5.41) is 3.40. The third-order valence-electron chi connectivity index (χ3n) is 2.20. The molecule has 13 heavy (non-hydrogen) atoms. The van der Waals surface area contributed by atoms with Gasteiger partial charge in [-0.05, 0) is 12.1 Å². The predicted molar refractivity (Wildman–Crippen MR) is 51.4 cm³/mol. The Labute approximate surface area is 74.4 Å². The maximum absolute atomic E-state index is 4.29. The molecule has 0 spiro atoms. The van der Waals surface area contributed by atoms with Crippen LogP contribution in [-0.4, -0.2) is 15.0 Å². The zero-order valence-corrected chi connectivity index (χ0v) is 6.86. The molecule has 3 heteroatoms. The number of fused-ring (bicyclic) bond motifs is 3. The van der Waals surface area contributed by atoms with Crippen LogP contribution in [0.1, 0.15) is 0 Å². The molecule has 0 aromatic carbocycles. The summed E-state index contributed by atoms with van der Waals surface area (Å²) in [5.74, 6) is 0. The van der Waals surface area contributed by atoms with E-state index < -0.39 is 0 Å². The van der Waals surface area contributed by atoms with Crippen molar-refractivity contribution in [3.05, 3.63) is 36.9 Å². The Hall–Kier alpha value is -1.90. The van der Waals surface area contributed by atoms with E-state index in [2.05, 4.69) is 15.0 Å². The van der Waals surface area contributed by atoms with Gasteiger partial charge in [0, 0.05) is 40.9 Å². The summed E-state index contributed by atoms with van der Waals surface area (Å²) in [6, 6.07) is 3.99. The van der Waals surface area contributed by atoms with Gasteiger partial charge in [-0.15, -0.1) is 0 Å². The van der Waals surface area contributed by atoms with Crippen LogP contribution in [0.25, 0.3) is 21.8 Å². The summed E-state index contributed by atoms with van der Waals surface area (Å²) in [5.41, 5.74) is 0.917. The number of nitrogens with zero attached hydrogens (tertiary/aromatic N) is 2. The first kappa shape index (κ1) is 6.60. The fraction of sp³-hybridized carbons (Fsp3) is 0. The van der Waals surface area contributed by atoms with Crippen molar-refractivity contribution in [2.75, 3.05) is 0 Å². The molecule has 0 aliphatic rings. The van der Waals surface area contributed by atoms with Gasteiger partial charge in [-0.1, -0.05) is 0 Å². The average Bonchev–Trinajstić information content (AvgIpc) is 2.65. The molecule has 3 aromatic heterocycles. The van der Waals surface area contributed by atoms with E-state index in [1.54, 1.807) is 6.20 Å². The van der Waals surface area contributed by atoms with Gasteiger partial charge >= 0.3 is 0 Å². The summed E-state index contributed by atoms with van der Waals surface area (Å²) in [7, 11) is 0. The molecule has 3 rings (SSSR count). The molecule has 3 aromatic rings. The highest BCUT2D eigenvalue weighted by Crippen LogP contribution is 2.20. The minimum absolute atomic E-state index is 0.917. The average molecular weight is 169 g/mol. The number of aromatic nitrogens is 3. The molecular formula is C10H7N3. The number of H-pyrrole nitrogens is 1. The van der Waals surface area contributed by atoms with E-state index in [1.807, 2.05) is 30.7 Å². The fourth-order valence-corrected chi connectivity index (χ4v) is 1.56. The molecule has 0 amide bonds. The van der Waals surface area contributed by atoms with E-state index in [1.165, 1.54) is 0 Å². The Morgan fingerprint density at radius 1 is 1.08 bits per heavy atom. The first-order valence-electron chi connectivity index (χ1n) is 4.11. The Kier molecular flexibility index (Phi) is 1.16. The van der Waals surface area contributed by atoms with Crippen LogP contribution in [-0.2, 0) is 0 Å². The fourth-order valence-electron chi connectivity index (χ4n) is 1.56. The molecule has 3 nitrogen and oxygen atoms in total. The maximum atomic E-state index is 4.29. The van der Waals surface area contributed by atoms with Crippen molar-refractivity contribution in [3.8, 4) is 0 Å². The Morgan fingerprint density at radius 3 is 3.08 bits per heavy atom. The van der Waals surface area contributed by atoms with Crippen molar-refractivity contribution in [3.63, 3.8) is 0 Å². The van der Waals surface area contributed by atoms with Gasteiger partial charge < -0.3 is 4.98 Å². The largest absolute Gasteiger partial charge is 0.346 e. The smallest absolute Gasteiger partial charge is 0.137 e. The second-order valence-corrected chi connectivity index (χ2v) is 2.96. The van der Waals surface area contributed by atoms with Crippen molar-refractivity contribution in [1.82, 2.24) is 15.0 Å². The van der Waals surface area contributed by atoms with Crippen LogP contribution in [0.2, 0.25) is 0 Å². The second kappa shape index (κ2) is 2.29. The summed E-state index contributed by atoms with van der Waals surface area (Å²) < 4.78 is 0. The van der Waals surface area contributed by atoms with E-state index >= 15 is 0 Å². The van der Waals surface area contributed by atoms with Crippen LogP contribution in [0.5, 0.6) is 0 Å². The second-order valence-electron chi connectivity index (χ2n) is 2.96. The predicted octanol–water partition coefficient (Wildman–Crippen LogP) is 2.11. The zero-order chi connectivity index (χ0) is 8.67. The van der Waals surface area contributed by atoms with Crippen LogP contribution >= 0.6 is 0 Å². The molecule has 0 aliphatic carbocycles. The van der Waals surface area contributed by atoms with E-state index in [0.717, 1.165) is 21.8 Å². The van der Waals surface area contributed by atoms with E-state index in [0.29, 0.717) is 0 Å². The minimum atomic E-state index is 0.917. The topological polar surface area (TPSA) is 41.6 Å². The lowest BCUT2D eigenvalue weighted by Gasteiger charge is -1.96. The lowest BCUT2D eigenvalue weighted by atomic mass is 10.2. The number of hydrogen-bond acceptors (Lipinski definition) is 2. The third kappa shape index (κ3) is 0.839. The van der Waals surface area contributed by atoms with Crippen molar-refractivity contribution >= 4 is 21.8 Å². The minimum Gasteiger partial charge on any atom is -0.346 e. The lowest BCUT2D eigenvalue weighted by molar-refractivity contribution is 1.32. The molecule has 0 saturated carbocycles. The van der Waals surface area contributed by atoms with E-state index in [-0.39, 0.29) is 0 Å². The molecule has 62 valence electrons. The standard InChI is InChI=1S/C10H7N3/c1-3-11-6-9-7(1)5-13-10-8(9)2-4-12-10/h1-6H,(H,12,13). The molecule has 0 fully saturated rings. The van der Waals surface area contributed by atoms with Crippen molar-refractivity contribution in [2.24, 2.45) is 0 Å². The summed E-state index contributed by atoms with van der Waals surface area (Å²) in [4.78, 5) is 11.5. The number of aromatic amines is 1. The van der Waals surface area contributed by atoms with Gasteiger partial charge in [0.2, 0.25) is 0 Å². The molecule has 3 heterocycles. The van der Waals surface area contributed by atoms with Crippen molar-refractivity contribution in [2.45, 2.75) is 0 Å². The highest BCUT2D eigenvalue weighted by atomic mass is 14.8. The maximum Gasteiger partial charge on any atom is 0.137 e. The van der Waals surface area contributed by atoms with Crippen LogP contribution < -0.4 is 0 Å². The van der Waals surface area contributed by atoms with Gasteiger partial charge in [0.25, 0.3) is 0 Å². The molecule has 0 radical (unpaired) electrons. The molecule has 0 aliphatic heterocycles.